The number of allylic oxidation sites excluding steroid dienone is 4. The van der Waals surface area contributed by atoms with Gasteiger partial charge in [-0.25, -0.2) is 14.8 Å². The van der Waals surface area contributed by atoms with E-state index in [0.29, 0.717) is 60.2 Å². The Morgan fingerprint density at radius 2 is 1.19 bits per heavy atom. The predicted molar refractivity (Wildman–Crippen MR) is 334 cm³/mol. The number of nitrogens with two attached hydrogens (primary N) is 2. The van der Waals surface area contributed by atoms with Crippen molar-refractivity contribution in [1.29, 1.82) is 0 Å². The zero-order chi connectivity index (χ0) is 70.4. The van der Waals surface area contributed by atoms with Gasteiger partial charge in [-0.15, -0.1) is 58.4 Å². The molecule has 0 bridgehead atoms. The fourth-order valence-corrected chi connectivity index (χ4v) is 14.9. The number of hydrogen-bond donors (Lipinski definition) is 6. The molecule has 35 heteroatoms. The molecule has 0 saturated heterocycles. The first-order valence-corrected chi connectivity index (χ1v) is 31.6. The molecule has 2 amide bonds. The van der Waals surface area contributed by atoms with Crippen molar-refractivity contribution in [2.45, 2.75) is 74.4 Å². The first kappa shape index (κ1) is 75.7. The minimum absolute atomic E-state index is 0.0322. The molecule has 6 aromatic rings. The van der Waals surface area contributed by atoms with Gasteiger partial charge in [-0.2, -0.15) is 79.0 Å². The third kappa shape index (κ3) is 18.3. The van der Waals surface area contributed by atoms with Gasteiger partial charge in [0.1, 0.15) is 21.2 Å². The van der Waals surface area contributed by atoms with Crippen molar-refractivity contribution in [3.8, 4) is 0 Å². The smallest absolute Gasteiger partial charge is 0.433 e. The highest BCUT2D eigenvalue weighted by molar-refractivity contribution is 8.09. The number of carboxylic acid groups (broad SMARTS) is 1. The molecule has 2 atom stereocenters. The van der Waals surface area contributed by atoms with E-state index in [-0.39, 0.29) is 60.8 Å². The zero-order valence-electron chi connectivity index (χ0n) is 49.2. The molecule has 3 aromatic carbocycles. The van der Waals surface area contributed by atoms with Crippen LogP contribution in [0.25, 0.3) is 15.0 Å². The number of pyridine rings is 2. The number of thioether (sulfide) groups is 4. The highest BCUT2D eigenvalue weighted by Gasteiger charge is 2.43. The summed E-state index contributed by atoms with van der Waals surface area (Å²) in [7, 11) is 4.37. The molecule has 8 N–H and O–H groups in total. The summed E-state index contributed by atoms with van der Waals surface area (Å²) in [5, 5.41) is 17.0. The van der Waals surface area contributed by atoms with Crippen LogP contribution in [-0.4, -0.2) is 82.7 Å². The van der Waals surface area contributed by atoms with Crippen molar-refractivity contribution >= 4 is 125 Å². The Bertz CT molecular complexity index is 3930. The number of hydrogen-bond acceptors (Lipinski definition) is 14. The topological polar surface area (TPSA) is 189 Å². The number of rotatable bonds is 13. The number of aromatic nitrogens is 2. The molecule has 12 nitrogen and oxygen atoms in total. The SMILES string of the molecule is CCSC1=C(C(=O)Nc2cc(C(F)(F)F)ccc2NC)Cc2cc(C(F)(F)F)ccc21.CCSC1=C(C(=O)O)SC2C=C(C(F)(F)F)C=CC12.CCSc1c(C(=O)N(C)c2cnc(C(F)(F)F)cc2N)sc2cc(C(F)(F)F)ccc12.CNc1cnc(C(F)(F)F)cc1N. The molecule has 3 aromatic heterocycles. The Morgan fingerprint density at radius 1 is 0.649 bits per heavy atom. The minimum atomic E-state index is -4.69. The highest BCUT2D eigenvalue weighted by atomic mass is 32.2. The number of halogens is 18. The molecule has 1 aliphatic heterocycles. The van der Waals surface area contributed by atoms with Gasteiger partial charge in [-0.3, -0.25) is 9.59 Å². The number of anilines is 6. The van der Waals surface area contributed by atoms with E-state index in [2.05, 4.69) is 25.9 Å². The van der Waals surface area contributed by atoms with Gasteiger partial charge in [0, 0.05) is 69.1 Å². The molecule has 94 heavy (non-hydrogen) atoms. The van der Waals surface area contributed by atoms with Gasteiger partial charge >= 0.3 is 43.0 Å². The lowest BCUT2D eigenvalue weighted by molar-refractivity contribution is -0.141. The van der Waals surface area contributed by atoms with Crippen molar-refractivity contribution in [2.24, 2.45) is 5.92 Å². The number of alkyl halides is 18. The summed E-state index contributed by atoms with van der Waals surface area (Å²) >= 11 is 5.86. The highest BCUT2D eigenvalue weighted by Crippen LogP contribution is 2.52. The standard InChI is InChI=1S/C21H18F6N2OS.C19H15F6N3OS2.C12H11F3O2S2.C7H8F3N3/c1-3-31-18-14-6-4-12(20(22,23)24)8-11(14)9-15(18)19(30)29-17-10-13(21(25,26)27)5-7-16(17)28-2;1-3-30-15-10-5-4-9(18(20,21)22)6-13(10)31-16(15)17(29)28(2)12-8-27-14(7-11(12)26)19(23,24)25;1-2-18-9-7-4-3-6(12(13,14)15)5-8(7)19-10(9)11(16)17;1-12-5-3-13-6(2-4(5)11)7(8,9)10/h4-8,10,28H,3,9H2,1-2H3,(H,29,30);4-8H,3H2,1-2H3,(H2,26,27);3-5,7-8H,2H2,1H3,(H,16,17);2-3,12H,1H3,(H2,11,13). The summed E-state index contributed by atoms with van der Waals surface area (Å²) in [6.45, 7) is 5.55. The van der Waals surface area contributed by atoms with Gasteiger partial charge in [0.2, 0.25) is 0 Å². The Balaban J connectivity index is 0.000000209. The molecule has 3 aliphatic rings. The first-order chi connectivity index (χ1) is 43.6. The fraction of sp³-hybridized carbons (Fsp3) is 0.305. The minimum Gasteiger partial charge on any atom is -0.477 e. The lowest BCUT2D eigenvalue weighted by atomic mass is 9.95. The third-order valence-corrected chi connectivity index (χ3v) is 19.2. The number of carbonyl (C=O) groups is 3. The molecule has 2 unspecified atom stereocenters. The monoisotopic (exact) mass is 1440 g/mol. The van der Waals surface area contributed by atoms with Crippen molar-refractivity contribution < 1.29 is 98.5 Å². The molecule has 508 valence electrons. The number of benzene rings is 3. The second-order valence-electron chi connectivity index (χ2n) is 19.6. The van der Waals surface area contributed by atoms with Gasteiger partial charge in [-0.1, -0.05) is 51.1 Å². The van der Waals surface area contributed by atoms with Gasteiger partial charge < -0.3 is 37.4 Å². The molecule has 0 saturated carbocycles. The number of thiophene rings is 1. The maximum atomic E-state index is 13.1. The lowest BCUT2D eigenvalue weighted by Crippen LogP contribution is -2.27. The van der Waals surface area contributed by atoms with E-state index in [0.717, 1.165) is 95.0 Å². The molecule has 0 spiro atoms. The van der Waals surface area contributed by atoms with Gasteiger partial charge in [-0.05, 0) is 83.0 Å². The molecule has 0 fully saturated rings. The van der Waals surface area contributed by atoms with Crippen LogP contribution in [0.3, 0.4) is 0 Å². The molecule has 9 rings (SSSR count). The summed E-state index contributed by atoms with van der Waals surface area (Å²) in [4.78, 5) is 46.9. The van der Waals surface area contributed by atoms with E-state index in [1.807, 2.05) is 20.8 Å². The predicted octanol–water partition coefficient (Wildman–Crippen LogP) is 18.3. The van der Waals surface area contributed by atoms with E-state index in [1.165, 1.54) is 73.7 Å². The van der Waals surface area contributed by atoms with E-state index in [4.69, 9.17) is 16.6 Å². The fourth-order valence-electron chi connectivity index (χ4n) is 8.98. The number of nitrogens with one attached hydrogen (secondary N) is 3. The number of amides is 2. The molecule has 0 radical (unpaired) electrons. The van der Waals surface area contributed by atoms with E-state index in [9.17, 15) is 93.4 Å². The van der Waals surface area contributed by atoms with E-state index < -0.39 is 93.7 Å². The number of fused-ring (bicyclic) bond motifs is 3. The maximum Gasteiger partial charge on any atom is 0.433 e. The lowest BCUT2D eigenvalue weighted by Gasteiger charge is -2.21. The number of aliphatic carboxylic acids is 1. The molecular formula is C59H52F18N8O4S5. The number of nitrogens with zero attached hydrogens (tertiary/aromatic N) is 3. The van der Waals surface area contributed by atoms with Crippen LogP contribution in [-0.2, 0) is 46.9 Å². The average molecular weight is 1440 g/mol. The Hall–Kier alpha value is -7.37. The maximum absolute atomic E-state index is 13.1. The van der Waals surface area contributed by atoms with Crippen molar-refractivity contribution in [2.75, 3.05) is 70.7 Å². The Labute approximate surface area is 544 Å². The summed E-state index contributed by atoms with van der Waals surface area (Å²) < 4.78 is 230. The summed E-state index contributed by atoms with van der Waals surface area (Å²) in [5.41, 5.74) is 6.97. The summed E-state index contributed by atoms with van der Waals surface area (Å²) in [6, 6.07) is 10.9. The van der Waals surface area contributed by atoms with Crippen molar-refractivity contribution in [3.05, 3.63) is 162 Å². The number of carbonyl (C=O) groups excluding carboxylic acids is 2. The molecule has 4 heterocycles. The van der Waals surface area contributed by atoms with Crippen molar-refractivity contribution in [1.82, 2.24) is 9.97 Å². The van der Waals surface area contributed by atoms with Crippen LogP contribution in [0.1, 0.15) is 69.6 Å². The Kier molecular flexibility index (Phi) is 24.3. The van der Waals surface area contributed by atoms with Gasteiger partial charge in [0.25, 0.3) is 11.8 Å². The van der Waals surface area contributed by atoms with Crippen LogP contribution in [0, 0.1) is 5.92 Å². The molecule has 2 aliphatic carbocycles. The number of carboxylic acids is 1. The third-order valence-electron chi connectivity index (χ3n) is 13.3. The van der Waals surface area contributed by atoms with E-state index in [1.54, 1.807) is 7.05 Å². The first-order valence-electron chi connectivity index (χ1n) is 27.0. The van der Waals surface area contributed by atoms with Gasteiger partial charge in [0.05, 0.1) is 68.8 Å². The van der Waals surface area contributed by atoms with Gasteiger partial charge in [0.15, 0.2) is 0 Å². The van der Waals surface area contributed by atoms with E-state index >= 15 is 0 Å². The second kappa shape index (κ2) is 30.1. The number of nitrogen functional groups attached to an aromatic ring is 2. The van der Waals surface area contributed by atoms with Crippen LogP contribution in [0.15, 0.2) is 123 Å². The van der Waals surface area contributed by atoms with Crippen molar-refractivity contribution in [3.63, 3.8) is 0 Å². The summed E-state index contributed by atoms with van der Waals surface area (Å²) in [5.74, 6) is -0.772. The average Bonchev–Trinajstić information content (AvgIpc) is 1.63. The summed E-state index contributed by atoms with van der Waals surface area (Å²) in [6.07, 6.45) is -21.7. The van der Waals surface area contributed by atoms with Crippen LogP contribution < -0.4 is 32.3 Å². The molecular weight excluding hydrogens is 1390 g/mol. The van der Waals surface area contributed by atoms with Crippen LogP contribution in [0.4, 0.5) is 113 Å². The quantitative estimate of drug-likeness (QED) is 0.0473. The Morgan fingerprint density at radius 3 is 1.71 bits per heavy atom. The largest absolute Gasteiger partial charge is 0.477 e. The van der Waals surface area contributed by atoms with Crippen LogP contribution >= 0.6 is 58.4 Å². The zero-order valence-corrected chi connectivity index (χ0v) is 53.3. The van der Waals surface area contributed by atoms with Crippen LogP contribution in [0.5, 0.6) is 0 Å². The second-order valence-corrected chi connectivity index (χ2v) is 25.7. The normalized spacial score (nSPS) is 15.6. The van der Waals surface area contributed by atoms with Crippen LogP contribution in [0.2, 0.25) is 0 Å².